The van der Waals surface area contributed by atoms with Crippen LogP contribution in [0.2, 0.25) is 0 Å². The van der Waals surface area contributed by atoms with E-state index in [0.29, 0.717) is 6.54 Å². The Kier molecular flexibility index (Phi) is 4.45. The summed E-state index contributed by atoms with van der Waals surface area (Å²) in [5, 5.41) is 40.2. The topological polar surface area (TPSA) is 102 Å². The Morgan fingerprint density at radius 3 is 2.40 bits per heavy atom. The first kappa shape index (κ1) is 12.8. The van der Waals surface area contributed by atoms with E-state index in [4.69, 9.17) is 9.84 Å². The molecule has 1 rings (SSSR count). The summed E-state index contributed by atoms with van der Waals surface area (Å²) < 4.78 is 5.26. The van der Waals surface area contributed by atoms with Gasteiger partial charge in [0.15, 0.2) is 5.72 Å². The van der Waals surface area contributed by atoms with Crippen LogP contribution in [0.4, 0.5) is 0 Å². The van der Waals surface area contributed by atoms with Crippen molar-refractivity contribution < 1.29 is 25.2 Å². The van der Waals surface area contributed by atoms with E-state index in [9.17, 15) is 15.3 Å². The van der Waals surface area contributed by atoms with E-state index >= 15 is 0 Å². The predicted molar refractivity (Wildman–Crippen MR) is 52.1 cm³/mol. The molecule has 6 nitrogen and oxygen atoms in total. The standard InChI is InChI=1S/C9H19NO5/c1-2-3-10-9(5-12)8(14)7(13)6(4-11)15-9/h6-8,10-14H,2-5H2,1H3/t6-,7-,8+,9?/m1/s1. The van der Waals surface area contributed by atoms with E-state index < -0.39 is 37.3 Å². The number of rotatable bonds is 5. The van der Waals surface area contributed by atoms with Gasteiger partial charge in [-0.1, -0.05) is 6.92 Å². The maximum absolute atomic E-state index is 9.73. The van der Waals surface area contributed by atoms with E-state index in [-0.39, 0.29) is 0 Å². The second kappa shape index (κ2) is 5.20. The molecule has 1 saturated heterocycles. The lowest BCUT2D eigenvalue weighted by Crippen LogP contribution is -2.57. The van der Waals surface area contributed by atoms with Crippen molar-refractivity contribution in [3.05, 3.63) is 0 Å². The first-order valence-corrected chi connectivity index (χ1v) is 5.12. The molecule has 0 amide bonds. The zero-order valence-corrected chi connectivity index (χ0v) is 8.76. The molecule has 0 aromatic heterocycles. The van der Waals surface area contributed by atoms with Gasteiger partial charge in [0.05, 0.1) is 13.2 Å². The van der Waals surface area contributed by atoms with Gasteiger partial charge in [-0.2, -0.15) is 0 Å². The average molecular weight is 221 g/mol. The Morgan fingerprint density at radius 2 is 2.00 bits per heavy atom. The molecule has 1 heterocycles. The van der Waals surface area contributed by atoms with Crippen molar-refractivity contribution in [2.75, 3.05) is 19.8 Å². The zero-order chi connectivity index (χ0) is 11.5. The molecule has 0 bridgehead atoms. The van der Waals surface area contributed by atoms with Gasteiger partial charge in [0, 0.05) is 0 Å². The second-order valence-corrected chi connectivity index (χ2v) is 3.75. The van der Waals surface area contributed by atoms with E-state index in [1.54, 1.807) is 0 Å². The van der Waals surface area contributed by atoms with Gasteiger partial charge in [-0.25, -0.2) is 0 Å². The summed E-state index contributed by atoms with van der Waals surface area (Å²) in [5.74, 6) is 0. The molecular formula is C9H19NO5. The molecule has 0 aromatic rings. The minimum Gasteiger partial charge on any atom is -0.394 e. The van der Waals surface area contributed by atoms with Crippen molar-refractivity contribution in [3.8, 4) is 0 Å². The van der Waals surface area contributed by atoms with Crippen LogP contribution in [0.25, 0.3) is 0 Å². The van der Waals surface area contributed by atoms with Gasteiger partial charge in [0.1, 0.15) is 18.3 Å². The third-order valence-electron chi connectivity index (χ3n) is 2.63. The lowest BCUT2D eigenvalue weighted by atomic mass is 10.0. The minimum atomic E-state index is -1.36. The van der Waals surface area contributed by atoms with Gasteiger partial charge in [0.2, 0.25) is 0 Å². The highest BCUT2D eigenvalue weighted by Gasteiger charge is 2.53. The van der Waals surface area contributed by atoms with Gasteiger partial charge in [-0.3, -0.25) is 5.32 Å². The van der Waals surface area contributed by atoms with E-state index in [2.05, 4.69) is 5.32 Å². The summed E-state index contributed by atoms with van der Waals surface area (Å²) in [4.78, 5) is 0. The second-order valence-electron chi connectivity index (χ2n) is 3.75. The van der Waals surface area contributed by atoms with Crippen molar-refractivity contribution in [1.29, 1.82) is 0 Å². The molecule has 4 atom stereocenters. The van der Waals surface area contributed by atoms with Crippen molar-refractivity contribution in [1.82, 2.24) is 5.32 Å². The molecular weight excluding hydrogens is 202 g/mol. The van der Waals surface area contributed by atoms with Crippen molar-refractivity contribution in [3.63, 3.8) is 0 Å². The Balaban J connectivity index is 2.72. The van der Waals surface area contributed by atoms with Crippen LogP contribution in [0, 0.1) is 0 Å². The number of nitrogens with one attached hydrogen (secondary N) is 1. The largest absolute Gasteiger partial charge is 0.394 e. The van der Waals surface area contributed by atoms with Gasteiger partial charge in [-0.05, 0) is 13.0 Å². The summed E-state index contributed by atoms with van der Waals surface area (Å²) in [5.41, 5.74) is -1.36. The molecule has 1 aliphatic rings. The lowest BCUT2D eigenvalue weighted by Gasteiger charge is -2.31. The highest BCUT2D eigenvalue weighted by molar-refractivity contribution is 5.00. The Labute approximate surface area is 88.5 Å². The van der Waals surface area contributed by atoms with E-state index in [1.807, 2.05) is 6.92 Å². The fourth-order valence-corrected chi connectivity index (χ4v) is 1.70. The fourth-order valence-electron chi connectivity index (χ4n) is 1.70. The predicted octanol–water partition coefficient (Wildman–Crippen LogP) is -2.21. The van der Waals surface area contributed by atoms with E-state index in [0.717, 1.165) is 6.42 Å². The van der Waals surface area contributed by atoms with Gasteiger partial charge < -0.3 is 25.2 Å². The molecule has 6 heteroatoms. The van der Waals surface area contributed by atoms with Gasteiger partial charge in [0.25, 0.3) is 0 Å². The van der Waals surface area contributed by atoms with Crippen LogP contribution in [0.5, 0.6) is 0 Å². The van der Waals surface area contributed by atoms with Gasteiger partial charge >= 0.3 is 0 Å². The third kappa shape index (κ3) is 2.30. The van der Waals surface area contributed by atoms with Crippen molar-refractivity contribution in [2.24, 2.45) is 0 Å². The molecule has 0 spiro atoms. The molecule has 1 fully saturated rings. The van der Waals surface area contributed by atoms with Crippen molar-refractivity contribution in [2.45, 2.75) is 37.4 Å². The molecule has 5 N–H and O–H groups in total. The minimum absolute atomic E-state index is 0.395. The number of ether oxygens (including phenoxy) is 1. The Morgan fingerprint density at radius 1 is 1.33 bits per heavy atom. The quantitative estimate of drug-likeness (QED) is 0.361. The monoisotopic (exact) mass is 221 g/mol. The van der Waals surface area contributed by atoms with Crippen LogP contribution in [0.1, 0.15) is 13.3 Å². The summed E-state index contributed by atoms with van der Waals surface area (Å²) in [6.07, 6.45) is -2.49. The maximum Gasteiger partial charge on any atom is 0.171 e. The Bertz CT molecular complexity index is 203. The van der Waals surface area contributed by atoms with E-state index in [1.165, 1.54) is 0 Å². The molecule has 1 unspecified atom stereocenters. The number of hydrogen-bond acceptors (Lipinski definition) is 6. The third-order valence-corrected chi connectivity index (χ3v) is 2.63. The molecule has 0 aromatic carbocycles. The number of aliphatic hydroxyl groups is 4. The zero-order valence-electron chi connectivity index (χ0n) is 8.76. The van der Waals surface area contributed by atoms with Crippen LogP contribution >= 0.6 is 0 Å². The summed E-state index contributed by atoms with van der Waals surface area (Å²) in [6.45, 7) is 1.62. The summed E-state index contributed by atoms with van der Waals surface area (Å²) >= 11 is 0. The molecule has 0 aliphatic carbocycles. The summed E-state index contributed by atoms with van der Waals surface area (Å²) in [6, 6.07) is 0. The number of hydrogen-bond donors (Lipinski definition) is 5. The normalized spacial score (nSPS) is 41.0. The highest BCUT2D eigenvalue weighted by Crippen LogP contribution is 2.28. The van der Waals surface area contributed by atoms with Crippen LogP contribution in [0.3, 0.4) is 0 Å². The number of aliphatic hydroxyl groups excluding tert-OH is 4. The molecule has 1 aliphatic heterocycles. The highest BCUT2D eigenvalue weighted by atomic mass is 16.6. The van der Waals surface area contributed by atoms with Gasteiger partial charge in [-0.15, -0.1) is 0 Å². The SMILES string of the molecule is CCCNC1(CO)O[C@H](CO)[C@@H](O)[C@@H]1O. The lowest BCUT2D eigenvalue weighted by molar-refractivity contribution is -0.138. The molecule has 0 radical (unpaired) electrons. The van der Waals surface area contributed by atoms with Crippen LogP contribution in [0.15, 0.2) is 0 Å². The molecule has 0 saturated carbocycles. The fraction of sp³-hybridized carbons (Fsp3) is 1.00. The van der Waals surface area contributed by atoms with Crippen molar-refractivity contribution >= 4 is 0 Å². The van der Waals surface area contributed by atoms with Crippen LogP contribution in [-0.2, 0) is 4.74 Å². The Hall–Kier alpha value is -0.240. The first-order chi connectivity index (χ1) is 7.11. The van der Waals surface area contributed by atoms with Crippen LogP contribution in [-0.4, -0.2) is 64.2 Å². The average Bonchev–Trinajstić information content (AvgIpc) is 2.51. The maximum atomic E-state index is 9.73. The summed E-state index contributed by atoms with van der Waals surface area (Å²) in [7, 11) is 0. The van der Waals surface area contributed by atoms with Crippen LogP contribution < -0.4 is 5.32 Å². The molecule has 90 valence electrons. The first-order valence-electron chi connectivity index (χ1n) is 5.12. The molecule has 15 heavy (non-hydrogen) atoms. The smallest absolute Gasteiger partial charge is 0.171 e.